The van der Waals surface area contributed by atoms with Crippen LogP contribution in [0.3, 0.4) is 0 Å². The molecule has 0 aromatic heterocycles. The molecule has 24 heavy (non-hydrogen) atoms. The van der Waals surface area contributed by atoms with Crippen molar-refractivity contribution >= 4 is 11.9 Å². The Kier molecular flexibility index (Phi) is 4.69. The number of ketones is 1. The van der Waals surface area contributed by atoms with Gasteiger partial charge in [-0.2, -0.15) is 0 Å². The monoisotopic (exact) mass is 327 g/mol. The number of hydrogen-bond donors (Lipinski definition) is 0. The van der Waals surface area contributed by atoms with E-state index in [1.54, 1.807) is 17.0 Å². The second-order valence-corrected chi connectivity index (χ2v) is 6.09. The van der Waals surface area contributed by atoms with E-state index in [4.69, 9.17) is 9.47 Å². The number of hydrogen-bond acceptors (Lipinski definition) is 4. The first kappa shape index (κ1) is 16.3. The number of carbonyl (C=O) groups excluding carboxylic acids is 2. The third-order valence-electron chi connectivity index (χ3n) is 4.22. The number of ether oxygens (including phenoxy) is 2. The van der Waals surface area contributed by atoms with Gasteiger partial charge in [-0.05, 0) is 56.5 Å². The minimum Gasteiger partial charge on any atom is -0.489 e. The van der Waals surface area contributed by atoms with Gasteiger partial charge in [0.15, 0.2) is 11.9 Å². The number of benzene rings is 1. The Morgan fingerprint density at radius 1 is 1.42 bits per heavy atom. The van der Waals surface area contributed by atoms with Crippen LogP contribution in [-0.4, -0.2) is 36.0 Å². The van der Waals surface area contributed by atoms with Crippen LogP contribution >= 0.6 is 0 Å². The lowest BCUT2D eigenvalue weighted by Gasteiger charge is -2.18. The predicted octanol–water partition coefficient (Wildman–Crippen LogP) is 3.63. The van der Waals surface area contributed by atoms with Crippen molar-refractivity contribution in [3.8, 4) is 5.75 Å². The molecule has 0 radical (unpaired) electrons. The lowest BCUT2D eigenvalue weighted by molar-refractivity contribution is 0.101. The van der Waals surface area contributed by atoms with Crippen molar-refractivity contribution < 1.29 is 19.1 Å². The molecule has 1 saturated heterocycles. The average molecular weight is 327 g/mol. The summed E-state index contributed by atoms with van der Waals surface area (Å²) in [4.78, 5) is 25.1. The molecule has 0 bridgehead atoms. The number of allylic oxidation sites excluding steroid dienone is 4. The summed E-state index contributed by atoms with van der Waals surface area (Å²) in [7, 11) is 0. The van der Waals surface area contributed by atoms with E-state index in [0.717, 1.165) is 24.1 Å². The van der Waals surface area contributed by atoms with Crippen LogP contribution in [0.2, 0.25) is 0 Å². The van der Waals surface area contributed by atoms with Gasteiger partial charge in [0.1, 0.15) is 12.4 Å². The fourth-order valence-electron chi connectivity index (χ4n) is 2.87. The molecule has 1 atom stereocenters. The molecular formula is C19H21NO4. The Morgan fingerprint density at radius 2 is 2.25 bits per heavy atom. The Hall–Kier alpha value is -2.56. The van der Waals surface area contributed by atoms with Crippen LogP contribution < -0.4 is 4.74 Å². The van der Waals surface area contributed by atoms with E-state index in [0.29, 0.717) is 24.5 Å². The number of Topliss-reactive ketones (excluding diaryl/α,β-unsaturated/α-hetero) is 1. The van der Waals surface area contributed by atoms with Crippen LogP contribution in [0.5, 0.6) is 5.75 Å². The normalized spacial score (nSPS) is 19.9. The molecule has 0 spiro atoms. The van der Waals surface area contributed by atoms with Gasteiger partial charge in [0.2, 0.25) is 0 Å². The molecule has 2 aliphatic rings. The first-order chi connectivity index (χ1) is 11.5. The molecule has 1 unspecified atom stereocenters. The molecule has 5 heteroatoms. The highest BCUT2D eigenvalue weighted by molar-refractivity contribution is 5.94. The van der Waals surface area contributed by atoms with Crippen LogP contribution in [-0.2, 0) is 4.74 Å². The highest BCUT2D eigenvalue weighted by atomic mass is 16.6. The number of cyclic esters (lactones) is 1. The van der Waals surface area contributed by atoms with Crippen molar-refractivity contribution in [1.82, 2.24) is 4.90 Å². The number of nitrogens with zero attached hydrogens (tertiary/aromatic N) is 1. The second-order valence-electron chi connectivity index (χ2n) is 6.09. The zero-order valence-corrected chi connectivity index (χ0v) is 14.0. The van der Waals surface area contributed by atoms with Crippen molar-refractivity contribution in [2.45, 2.75) is 32.8 Å². The number of rotatable bonds is 5. The topological polar surface area (TPSA) is 55.8 Å². The molecule has 3 rings (SSSR count). The summed E-state index contributed by atoms with van der Waals surface area (Å²) in [5.74, 6) is 0.731. The smallest absolute Gasteiger partial charge is 0.414 e. The van der Waals surface area contributed by atoms with Crippen LogP contribution in [0.25, 0.3) is 0 Å². The van der Waals surface area contributed by atoms with E-state index in [-0.39, 0.29) is 18.0 Å². The largest absolute Gasteiger partial charge is 0.489 e. The maximum absolute atomic E-state index is 12.0. The van der Waals surface area contributed by atoms with Crippen molar-refractivity contribution in [2.75, 3.05) is 13.2 Å². The summed E-state index contributed by atoms with van der Waals surface area (Å²) in [6.45, 7) is 4.24. The number of amides is 1. The van der Waals surface area contributed by atoms with Crippen LogP contribution in [0, 0.1) is 6.92 Å². The van der Waals surface area contributed by atoms with Crippen LogP contribution in [0.15, 0.2) is 42.1 Å². The van der Waals surface area contributed by atoms with Gasteiger partial charge in [-0.15, -0.1) is 0 Å². The molecule has 5 nitrogen and oxygen atoms in total. The molecule has 126 valence electrons. The molecule has 1 aliphatic heterocycles. The van der Waals surface area contributed by atoms with Gasteiger partial charge < -0.3 is 9.47 Å². The molecule has 1 aromatic rings. The third-order valence-corrected chi connectivity index (χ3v) is 4.22. The van der Waals surface area contributed by atoms with Gasteiger partial charge in [0, 0.05) is 11.3 Å². The Morgan fingerprint density at radius 3 is 2.92 bits per heavy atom. The van der Waals surface area contributed by atoms with Gasteiger partial charge in [-0.25, -0.2) is 4.79 Å². The quantitative estimate of drug-likeness (QED) is 0.775. The predicted molar refractivity (Wildman–Crippen MR) is 90.1 cm³/mol. The zero-order valence-electron chi connectivity index (χ0n) is 14.0. The number of carbonyl (C=O) groups is 2. The number of aryl methyl sites for hydroxylation is 1. The lowest BCUT2D eigenvalue weighted by Crippen LogP contribution is -2.26. The SMILES string of the molecule is CC(=O)c1ccc(OCC2CN(C3=CC=CCC3)C(=O)O2)c(C)c1. The molecule has 1 amide bonds. The fraction of sp³-hybridized carbons (Fsp3) is 0.368. The van der Waals surface area contributed by atoms with Crippen molar-refractivity contribution in [1.29, 1.82) is 0 Å². The molecule has 1 fully saturated rings. The van der Waals surface area contributed by atoms with Crippen LogP contribution in [0.1, 0.15) is 35.7 Å². The van der Waals surface area contributed by atoms with Crippen molar-refractivity contribution in [2.24, 2.45) is 0 Å². The Labute approximate surface area is 141 Å². The summed E-state index contributed by atoms with van der Waals surface area (Å²) < 4.78 is 11.2. The minimum absolute atomic E-state index is 0.0276. The Balaban J connectivity index is 1.60. The maximum atomic E-state index is 12.0. The fourth-order valence-corrected chi connectivity index (χ4v) is 2.87. The standard InChI is InChI=1S/C19H21NO4/c1-13-10-15(14(2)21)8-9-18(13)23-12-17-11-20(19(22)24-17)16-6-4-3-5-7-16/h3-4,6,8-10,17H,5,7,11-12H2,1-2H3. The summed E-state index contributed by atoms with van der Waals surface area (Å²) in [6, 6.07) is 5.34. The van der Waals surface area contributed by atoms with Gasteiger partial charge in [-0.1, -0.05) is 12.2 Å². The van der Waals surface area contributed by atoms with E-state index < -0.39 is 0 Å². The Bertz CT molecular complexity index is 720. The molecule has 0 N–H and O–H groups in total. The van der Waals surface area contributed by atoms with Gasteiger partial charge in [0.05, 0.1) is 6.54 Å². The highest BCUT2D eigenvalue weighted by Gasteiger charge is 2.33. The van der Waals surface area contributed by atoms with Crippen molar-refractivity contribution in [3.63, 3.8) is 0 Å². The van der Waals surface area contributed by atoms with E-state index in [2.05, 4.69) is 6.08 Å². The van der Waals surface area contributed by atoms with E-state index in [9.17, 15) is 9.59 Å². The second kappa shape index (κ2) is 6.91. The summed E-state index contributed by atoms with van der Waals surface area (Å²) >= 11 is 0. The first-order valence-electron chi connectivity index (χ1n) is 8.13. The van der Waals surface area contributed by atoms with Gasteiger partial charge in [0.25, 0.3) is 0 Å². The molecule has 0 saturated carbocycles. The highest BCUT2D eigenvalue weighted by Crippen LogP contribution is 2.25. The molecule has 1 heterocycles. The van der Waals surface area contributed by atoms with E-state index in [1.807, 2.05) is 25.1 Å². The summed E-state index contributed by atoms with van der Waals surface area (Å²) in [5, 5.41) is 0. The average Bonchev–Trinajstić information content (AvgIpc) is 2.95. The molecule has 1 aliphatic carbocycles. The van der Waals surface area contributed by atoms with Crippen molar-refractivity contribution in [3.05, 3.63) is 53.3 Å². The zero-order chi connectivity index (χ0) is 17.1. The maximum Gasteiger partial charge on any atom is 0.414 e. The van der Waals surface area contributed by atoms with Crippen LogP contribution in [0.4, 0.5) is 4.79 Å². The van der Waals surface area contributed by atoms with E-state index >= 15 is 0 Å². The molecular weight excluding hydrogens is 306 g/mol. The third kappa shape index (κ3) is 3.50. The van der Waals surface area contributed by atoms with Gasteiger partial charge in [-0.3, -0.25) is 9.69 Å². The summed E-state index contributed by atoms with van der Waals surface area (Å²) in [6.07, 6.45) is 7.20. The molecule has 1 aromatic carbocycles. The first-order valence-corrected chi connectivity index (χ1v) is 8.13. The summed E-state index contributed by atoms with van der Waals surface area (Å²) in [5.41, 5.74) is 2.55. The minimum atomic E-state index is -0.311. The lowest BCUT2D eigenvalue weighted by atomic mass is 10.1. The van der Waals surface area contributed by atoms with E-state index in [1.165, 1.54) is 6.92 Å². The van der Waals surface area contributed by atoms with Gasteiger partial charge >= 0.3 is 6.09 Å².